The van der Waals surface area contributed by atoms with Gasteiger partial charge in [0.15, 0.2) is 0 Å². The summed E-state index contributed by atoms with van der Waals surface area (Å²) in [6.07, 6.45) is 3.31. The van der Waals surface area contributed by atoms with Crippen molar-refractivity contribution in [3.63, 3.8) is 0 Å². The third-order valence-corrected chi connectivity index (χ3v) is 4.05. The first-order valence-corrected chi connectivity index (χ1v) is 7.12. The summed E-state index contributed by atoms with van der Waals surface area (Å²) in [6.45, 7) is 3.92. The van der Waals surface area contributed by atoms with Gasteiger partial charge in [-0.15, -0.1) is 0 Å². The Morgan fingerprint density at radius 1 is 1.37 bits per heavy atom. The molecule has 0 unspecified atom stereocenters. The lowest BCUT2D eigenvalue weighted by Gasteiger charge is -2.22. The lowest BCUT2D eigenvalue weighted by molar-refractivity contribution is 0.0921. The number of amides is 1. The van der Waals surface area contributed by atoms with Crippen LogP contribution in [0.5, 0.6) is 0 Å². The molecule has 4 nitrogen and oxygen atoms in total. The molecule has 0 bridgehead atoms. The fourth-order valence-corrected chi connectivity index (χ4v) is 1.72. The van der Waals surface area contributed by atoms with Crippen LogP contribution in [0.15, 0.2) is 42.7 Å². The maximum absolute atomic E-state index is 12.1. The summed E-state index contributed by atoms with van der Waals surface area (Å²) in [5.74, 6) is -0.119. The predicted octanol–water partition coefficient (Wildman–Crippen LogP) is 2.78. The van der Waals surface area contributed by atoms with Gasteiger partial charge in [0.2, 0.25) is 0 Å². The first-order valence-electron chi connectivity index (χ1n) is 6.00. The van der Waals surface area contributed by atoms with Crippen LogP contribution in [0.3, 0.4) is 0 Å². The molecule has 0 atom stereocenters. The fourth-order valence-electron chi connectivity index (χ4n) is 1.57. The van der Waals surface area contributed by atoms with Gasteiger partial charge < -0.3 is 5.32 Å². The van der Waals surface area contributed by atoms with Gasteiger partial charge in [0.25, 0.3) is 5.91 Å². The van der Waals surface area contributed by atoms with Crippen molar-refractivity contribution in [3.8, 4) is 5.69 Å². The molecule has 2 rings (SSSR count). The Morgan fingerprint density at radius 2 is 2.05 bits per heavy atom. The largest absolute Gasteiger partial charge is 0.346 e. The molecule has 100 valence electrons. The second-order valence-electron chi connectivity index (χ2n) is 4.98. The van der Waals surface area contributed by atoms with Crippen molar-refractivity contribution in [1.29, 1.82) is 0 Å². The average Bonchev–Trinajstić information content (AvgIpc) is 2.89. The van der Waals surface area contributed by atoms with E-state index in [1.54, 1.807) is 17.1 Å². The topological polar surface area (TPSA) is 46.9 Å². The summed E-state index contributed by atoms with van der Waals surface area (Å²) in [4.78, 5) is 12.1. The van der Waals surface area contributed by atoms with Gasteiger partial charge in [-0.05, 0) is 26.0 Å². The van der Waals surface area contributed by atoms with Gasteiger partial charge in [0, 0.05) is 17.1 Å². The van der Waals surface area contributed by atoms with Gasteiger partial charge in [-0.3, -0.25) is 4.79 Å². The molecule has 0 saturated carbocycles. The lowest BCUT2D eigenvalue weighted by Crippen LogP contribution is -2.44. The molecule has 5 heteroatoms. The number of hydrogen-bond donors (Lipinski definition) is 1. The first-order chi connectivity index (χ1) is 9.02. The number of rotatable bonds is 4. The van der Waals surface area contributed by atoms with Crippen LogP contribution in [-0.4, -0.2) is 26.6 Å². The minimum absolute atomic E-state index is 0.119. The summed E-state index contributed by atoms with van der Waals surface area (Å²) in [6, 6.07) is 9.70. The highest BCUT2D eigenvalue weighted by atomic mass is 79.9. The van der Waals surface area contributed by atoms with E-state index < -0.39 is 0 Å². The van der Waals surface area contributed by atoms with Crippen molar-refractivity contribution >= 4 is 21.8 Å². The van der Waals surface area contributed by atoms with Crippen molar-refractivity contribution in [2.24, 2.45) is 0 Å². The van der Waals surface area contributed by atoms with Gasteiger partial charge in [-0.25, -0.2) is 4.68 Å². The zero-order valence-corrected chi connectivity index (χ0v) is 12.5. The standard InChI is InChI=1S/C14H16BrN3O/c1-14(2,10-15)17-13(19)11-8-16-18(9-11)12-6-4-3-5-7-12/h3-9H,10H2,1-2H3,(H,17,19). The number of alkyl halides is 1. The van der Waals surface area contributed by atoms with E-state index in [9.17, 15) is 4.79 Å². The van der Waals surface area contributed by atoms with Crippen LogP contribution < -0.4 is 5.32 Å². The number of aromatic nitrogens is 2. The van der Waals surface area contributed by atoms with Gasteiger partial charge in [0.05, 0.1) is 17.4 Å². The molecule has 2 aromatic rings. The van der Waals surface area contributed by atoms with E-state index in [0.29, 0.717) is 10.9 Å². The van der Waals surface area contributed by atoms with E-state index in [2.05, 4.69) is 26.3 Å². The smallest absolute Gasteiger partial charge is 0.254 e. The third kappa shape index (κ3) is 3.44. The monoisotopic (exact) mass is 321 g/mol. The molecule has 0 spiro atoms. The predicted molar refractivity (Wildman–Crippen MR) is 78.9 cm³/mol. The third-order valence-electron chi connectivity index (χ3n) is 2.65. The molecule has 19 heavy (non-hydrogen) atoms. The van der Waals surface area contributed by atoms with Crippen molar-refractivity contribution in [2.75, 3.05) is 5.33 Å². The number of halogens is 1. The molecule has 0 aliphatic carbocycles. The molecule has 1 aromatic heterocycles. The number of nitrogens with zero attached hydrogens (tertiary/aromatic N) is 2. The molecule has 0 aliphatic rings. The summed E-state index contributed by atoms with van der Waals surface area (Å²) >= 11 is 3.38. The average molecular weight is 322 g/mol. The second-order valence-corrected chi connectivity index (χ2v) is 5.54. The Morgan fingerprint density at radius 3 is 2.68 bits per heavy atom. The van der Waals surface area contributed by atoms with Crippen LogP contribution in [0.1, 0.15) is 24.2 Å². The summed E-state index contributed by atoms with van der Waals surface area (Å²) in [5, 5.41) is 7.85. The Hall–Kier alpha value is -1.62. The molecular weight excluding hydrogens is 306 g/mol. The van der Waals surface area contributed by atoms with E-state index in [0.717, 1.165) is 5.69 Å². The number of benzene rings is 1. The minimum atomic E-state index is -0.286. The number of para-hydroxylation sites is 1. The quantitative estimate of drug-likeness (QED) is 0.880. The number of carbonyl (C=O) groups excluding carboxylic acids is 1. The fraction of sp³-hybridized carbons (Fsp3) is 0.286. The van der Waals surface area contributed by atoms with Crippen LogP contribution in [0.4, 0.5) is 0 Å². The molecule has 1 N–H and O–H groups in total. The lowest BCUT2D eigenvalue weighted by atomic mass is 10.1. The molecule has 1 aromatic carbocycles. The van der Waals surface area contributed by atoms with Crippen LogP contribution in [0.2, 0.25) is 0 Å². The summed E-state index contributed by atoms with van der Waals surface area (Å²) in [5.41, 5.74) is 1.20. The Bertz CT molecular complexity index is 563. The number of hydrogen-bond acceptors (Lipinski definition) is 2. The van der Waals surface area contributed by atoms with Gasteiger partial charge in [-0.1, -0.05) is 34.1 Å². The maximum atomic E-state index is 12.1. The highest BCUT2D eigenvalue weighted by Crippen LogP contribution is 2.10. The van der Waals surface area contributed by atoms with Crippen molar-refractivity contribution < 1.29 is 4.79 Å². The highest BCUT2D eigenvalue weighted by Gasteiger charge is 2.20. The number of carbonyl (C=O) groups is 1. The zero-order chi connectivity index (χ0) is 13.9. The summed E-state index contributed by atoms with van der Waals surface area (Å²) in [7, 11) is 0. The van der Waals surface area contributed by atoms with Gasteiger partial charge in [-0.2, -0.15) is 5.10 Å². The molecule has 1 amide bonds. The Labute approximate surface area is 120 Å². The minimum Gasteiger partial charge on any atom is -0.346 e. The second kappa shape index (κ2) is 5.57. The Kier molecular flexibility index (Phi) is 4.04. The van der Waals surface area contributed by atoms with Crippen LogP contribution in [0.25, 0.3) is 5.69 Å². The van der Waals surface area contributed by atoms with Gasteiger partial charge in [0.1, 0.15) is 0 Å². The van der Waals surface area contributed by atoms with Crippen molar-refractivity contribution in [2.45, 2.75) is 19.4 Å². The van der Waals surface area contributed by atoms with Gasteiger partial charge >= 0.3 is 0 Å². The van der Waals surface area contributed by atoms with Crippen LogP contribution in [0, 0.1) is 0 Å². The summed E-state index contributed by atoms with van der Waals surface area (Å²) < 4.78 is 1.69. The first kappa shape index (κ1) is 13.8. The maximum Gasteiger partial charge on any atom is 0.254 e. The molecule has 1 heterocycles. The van der Waals surface area contributed by atoms with E-state index in [4.69, 9.17) is 0 Å². The van der Waals surface area contributed by atoms with Crippen LogP contribution in [-0.2, 0) is 0 Å². The number of nitrogens with one attached hydrogen (secondary N) is 1. The molecule has 0 radical (unpaired) electrons. The van der Waals surface area contributed by atoms with E-state index in [-0.39, 0.29) is 11.4 Å². The normalized spacial score (nSPS) is 11.3. The van der Waals surface area contributed by atoms with E-state index in [1.165, 1.54) is 0 Å². The Balaban J connectivity index is 2.16. The van der Waals surface area contributed by atoms with E-state index >= 15 is 0 Å². The van der Waals surface area contributed by atoms with Crippen LogP contribution >= 0.6 is 15.9 Å². The molecule has 0 aliphatic heterocycles. The molecular formula is C14H16BrN3O. The zero-order valence-electron chi connectivity index (χ0n) is 10.9. The molecule has 0 saturated heterocycles. The highest BCUT2D eigenvalue weighted by molar-refractivity contribution is 9.09. The molecule has 0 fully saturated rings. The van der Waals surface area contributed by atoms with Crippen molar-refractivity contribution in [3.05, 3.63) is 48.3 Å². The SMILES string of the molecule is CC(C)(CBr)NC(=O)c1cnn(-c2ccccc2)c1. The van der Waals surface area contributed by atoms with Crippen molar-refractivity contribution in [1.82, 2.24) is 15.1 Å². The van der Waals surface area contributed by atoms with E-state index in [1.807, 2.05) is 44.2 Å².